The van der Waals surface area contributed by atoms with Crippen molar-refractivity contribution in [2.24, 2.45) is 5.92 Å². The van der Waals surface area contributed by atoms with Crippen LogP contribution < -0.4 is 5.43 Å². The van der Waals surface area contributed by atoms with Crippen LogP contribution >= 0.6 is 34.2 Å². The van der Waals surface area contributed by atoms with Gasteiger partial charge in [-0.05, 0) is 65.3 Å². The average molecular weight is 529 g/mol. The van der Waals surface area contributed by atoms with Crippen LogP contribution in [0.25, 0.3) is 0 Å². The number of nitrogens with zero attached hydrogens (tertiary/aromatic N) is 1. The summed E-state index contributed by atoms with van der Waals surface area (Å²) in [6.07, 6.45) is 1.56. The fraction of sp³-hybridized carbons (Fsp3) is 0.333. The number of ether oxygens (including phenoxy) is 1. The zero-order valence-electron chi connectivity index (χ0n) is 15.5. The maximum atomic E-state index is 14.2. The van der Waals surface area contributed by atoms with E-state index in [2.05, 4.69) is 28.0 Å². The standard InChI is InChI=1S/C21H19ClFIN2O3/c22-17-3-1-2-16(18(17)23)19(27)14-8-10-21(11-9-14)25-26(20(28)29-21)12-13-4-6-15(24)7-5-13/h1-7,14,25H,8-12H2. The highest BCUT2D eigenvalue weighted by Gasteiger charge is 2.48. The molecular weight excluding hydrogens is 510 g/mol. The molecule has 0 radical (unpaired) electrons. The molecule has 0 bridgehead atoms. The van der Waals surface area contributed by atoms with Gasteiger partial charge in [0.05, 0.1) is 17.1 Å². The molecule has 1 spiro atoms. The van der Waals surface area contributed by atoms with Crippen LogP contribution in [-0.2, 0) is 11.3 Å². The number of nitrogens with one attached hydrogen (secondary N) is 1. The topological polar surface area (TPSA) is 58.6 Å². The lowest BCUT2D eigenvalue weighted by Crippen LogP contribution is -2.49. The van der Waals surface area contributed by atoms with Crippen molar-refractivity contribution in [3.8, 4) is 0 Å². The molecule has 1 saturated carbocycles. The predicted molar refractivity (Wildman–Crippen MR) is 115 cm³/mol. The van der Waals surface area contributed by atoms with E-state index in [1.165, 1.54) is 17.1 Å². The van der Waals surface area contributed by atoms with E-state index < -0.39 is 17.6 Å². The Kier molecular flexibility index (Phi) is 5.81. The number of carbonyl (C=O) groups excluding carboxylic acids is 2. The van der Waals surface area contributed by atoms with Gasteiger partial charge in [-0.3, -0.25) is 4.79 Å². The van der Waals surface area contributed by atoms with E-state index in [0.717, 1.165) is 9.13 Å². The molecule has 4 rings (SSSR count). The van der Waals surface area contributed by atoms with Crippen molar-refractivity contribution in [2.45, 2.75) is 38.0 Å². The van der Waals surface area contributed by atoms with Crippen molar-refractivity contribution >= 4 is 46.1 Å². The first-order valence-electron chi connectivity index (χ1n) is 9.38. The largest absolute Gasteiger partial charge is 0.426 e. The maximum Gasteiger partial charge on any atom is 0.426 e. The van der Waals surface area contributed by atoms with Gasteiger partial charge in [-0.1, -0.05) is 29.8 Å². The summed E-state index contributed by atoms with van der Waals surface area (Å²) >= 11 is 8.03. The van der Waals surface area contributed by atoms with E-state index in [-0.39, 0.29) is 22.3 Å². The third-order valence-corrected chi connectivity index (χ3v) is 6.49. The molecule has 2 aliphatic rings. The molecule has 5 nitrogen and oxygen atoms in total. The highest BCUT2D eigenvalue weighted by Crippen LogP contribution is 2.38. The molecule has 29 heavy (non-hydrogen) atoms. The maximum absolute atomic E-state index is 14.2. The number of benzene rings is 2. The molecule has 0 atom stereocenters. The molecule has 8 heteroatoms. The summed E-state index contributed by atoms with van der Waals surface area (Å²) in [6, 6.07) is 12.4. The second-order valence-corrected chi connectivity index (χ2v) is 9.08. The number of rotatable bonds is 4. The molecular formula is C21H19ClFIN2O3. The first kappa shape index (κ1) is 20.6. The van der Waals surface area contributed by atoms with Gasteiger partial charge in [0.25, 0.3) is 0 Å². The first-order valence-corrected chi connectivity index (χ1v) is 10.8. The van der Waals surface area contributed by atoms with Gasteiger partial charge >= 0.3 is 6.09 Å². The highest BCUT2D eigenvalue weighted by atomic mass is 127. The Morgan fingerprint density at radius 1 is 1.24 bits per heavy atom. The summed E-state index contributed by atoms with van der Waals surface area (Å²) in [5, 5.41) is 1.42. The lowest BCUT2D eigenvalue weighted by atomic mass is 9.80. The van der Waals surface area contributed by atoms with Crippen molar-refractivity contribution in [1.29, 1.82) is 0 Å². The Morgan fingerprint density at radius 3 is 2.62 bits per heavy atom. The van der Waals surface area contributed by atoms with Crippen molar-refractivity contribution in [3.63, 3.8) is 0 Å². The highest BCUT2D eigenvalue weighted by molar-refractivity contribution is 14.1. The minimum absolute atomic E-state index is 0.0233. The summed E-state index contributed by atoms with van der Waals surface area (Å²) in [7, 11) is 0. The molecule has 0 unspecified atom stereocenters. The number of amides is 1. The minimum atomic E-state index is -0.802. The van der Waals surface area contributed by atoms with Crippen LogP contribution in [0.2, 0.25) is 5.02 Å². The second kappa shape index (κ2) is 8.20. The number of carbonyl (C=O) groups is 2. The zero-order chi connectivity index (χ0) is 20.6. The van der Waals surface area contributed by atoms with E-state index in [1.54, 1.807) is 6.07 Å². The van der Waals surface area contributed by atoms with Gasteiger partial charge < -0.3 is 4.74 Å². The quantitative estimate of drug-likeness (QED) is 0.432. The van der Waals surface area contributed by atoms with Gasteiger partial charge in [0.1, 0.15) is 0 Å². The molecule has 2 aromatic carbocycles. The van der Waals surface area contributed by atoms with E-state index in [4.69, 9.17) is 16.3 Å². The summed E-state index contributed by atoms with van der Waals surface area (Å²) in [6.45, 7) is 0.396. The molecule has 0 aromatic heterocycles. The number of halogens is 3. The number of Topliss-reactive ketones (excluding diaryl/α,β-unsaturated/α-hetero) is 1. The predicted octanol–water partition coefficient (Wildman–Crippen LogP) is 5.31. The minimum Gasteiger partial charge on any atom is -0.425 e. The van der Waals surface area contributed by atoms with Gasteiger partial charge in [0.15, 0.2) is 17.3 Å². The molecule has 1 amide bonds. The Bertz CT molecular complexity index is 945. The normalized spacial score (nSPS) is 24.0. The van der Waals surface area contributed by atoms with Crippen molar-refractivity contribution < 1.29 is 18.7 Å². The van der Waals surface area contributed by atoms with Crippen LogP contribution in [0.1, 0.15) is 41.6 Å². The summed E-state index contributed by atoms with van der Waals surface area (Å²) < 4.78 is 21.0. The molecule has 1 saturated heterocycles. The van der Waals surface area contributed by atoms with Gasteiger partial charge in [-0.15, -0.1) is 0 Å². The van der Waals surface area contributed by atoms with Crippen LogP contribution in [0.15, 0.2) is 42.5 Å². The lowest BCUT2D eigenvalue weighted by molar-refractivity contribution is -0.0158. The number of hydrogen-bond donors (Lipinski definition) is 1. The Labute approximate surface area is 186 Å². The monoisotopic (exact) mass is 528 g/mol. The molecule has 2 aromatic rings. The number of ketones is 1. The third-order valence-electron chi connectivity index (χ3n) is 5.48. The van der Waals surface area contributed by atoms with Gasteiger partial charge in [0.2, 0.25) is 0 Å². The van der Waals surface area contributed by atoms with Gasteiger partial charge in [-0.2, -0.15) is 5.43 Å². The molecule has 1 aliphatic heterocycles. The SMILES string of the molecule is O=C(c1cccc(Cl)c1F)C1CCC2(CC1)NN(Cc1ccc(I)cc1)C(=O)O2. The Balaban J connectivity index is 1.40. The summed E-state index contributed by atoms with van der Waals surface area (Å²) in [5.41, 5.74) is 3.41. The number of hydrogen-bond acceptors (Lipinski definition) is 4. The lowest BCUT2D eigenvalue weighted by Gasteiger charge is -2.34. The molecule has 1 heterocycles. The molecule has 1 N–H and O–H groups in total. The molecule has 1 aliphatic carbocycles. The van der Waals surface area contributed by atoms with E-state index >= 15 is 0 Å². The molecule has 2 fully saturated rings. The molecule has 152 valence electrons. The van der Waals surface area contributed by atoms with Crippen molar-refractivity contribution in [3.05, 3.63) is 68.0 Å². The van der Waals surface area contributed by atoms with Gasteiger partial charge in [-0.25, -0.2) is 14.2 Å². The van der Waals surface area contributed by atoms with E-state index in [0.29, 0.717) is 32.2 Å². The van der Waals surface area contributed by atoms with E-state index in [1.807, 2.05) is 24.3 Å². The van der Waals surface area contributed by atoms with Crippen LogP contribution in [0.3, 0.4) is 0 Å². The average Bonchev–Trinajstić information content (AvgIpc) is 3.00. The Hall–Kier alpha value is -1.71. The fourth-order valence-electron chi connectivity index (χ4n) is 3.89. The first-order chi connectivity index (χ1) is 13.9. The van der Waals surface area contributed by atoms with Gasteiger partial charge in [0, 0.05) is 22.3 Å². The van der Waals surface area contributed by atoms with Crippen LogP contribution in [0.5, 0.6) is 0 Å². The van der Waals surface area contributed by atoms with Crippen molar-refractivity contribution in [1.82, 2.24) is 10.4 Å². The smallest absolute Gasteiger partial charge is 0.425 e. The summed E-state index contributed by atoms with van der Waals surface area (Å²) in [5.74, 6) is -1.24. The second-order valence-electron chi connectivity index (χ2n) is 7.43. The van der Waals surface area contributed by atoms with Crippen molar-refractivity contribution in [2.75, 3.05) is 0 Å². The van der Waals surface area contributed by atoms with E-state index in [9.17, 15) is 14.0 Å². The summed E-state index contributed by atoms with van der Waals surface area (Å²) in [4.78, 5) is 25.1. The fourth-order valence-corrected chi connectivity index (χ4v) is 4.42. The third kappa shape index (κ3) is 4.27. The van der Waals surface area contributed by atoms with Crippen LogP contribution in [0, 0.1) is 15.3 Å². The Morgan fingerprint density at radius 2 is 1.93 bits per heavy atom. The van der Waals surface area contributed by atoms with Crippen LogP contribution in [0.4, 0.5) is 9.18 Å². The number of hydrazine groups is 1. The van der Waals surface area contributed by atoms with Crippen LogP contribution in [-0.4, -0.2) is 22.6 Å². The zero-order valence-corrected chi connectivity index (χ0v) is 18.4.